The summed E-state index contributed by atoms with van der Waals surface area (Å²) in [6.07, 6.45) is 0. The van der Waals surface area contributed by atoms with E-state index in [1.54, 1.807) is 31.2 Å². The summed E-state index contributed by atoms with van der Waals surface area (Å²) in [6.45, 7) is 1.75. The molecule has 1 unspecified atom stereocenters. The standard InChI is InChI=1S/C16H15BrClNO2/c1-16(21,11-6-8-12(17)9-7-11)10-19-15(20)13-4-2-3-5-14(13)18/h2-9,21H,10H2,1H3,(H,19,20). The normalized spacial score (nSPS) is 13.5. The Morgan fingerprint density at radius 3 is 2.48 bits per heavy atom. The molecule has 0 aliphatic heterocycles. The van der Waals surface area contributed by atoms with Gasteiger partial charge < -0.3 is 10.4 Å². The van der Waals surface area contributed by atoms with Crippen molar-refractivity contribution in [2.24, 2.45) is 0 Å². The van der Waals surface area contributed by atoms with E-state index in [1.807, 2.05) is 24.3 Å². The summed E-state index contributed by atoms with van der Waals surface area (Å²) in [5, 5.41) is 13.6. The number of nitrogens with one attached hydrogen (secondary N) is 1. The van der Waals surface area contributed by atoms with Crippen molar-refractivity contribution in [2.75, 3.05) is 6.54 Å². The molecule has 110 valence electrons. The Morgan fingerprint density at radius 2 is 1.86 bits per heavy atom. The Kier molecular flexibility index (Phi) is 5.04. The summed E-state index contributed by atoms with van der Waals surface area (Å²) in [5.74, 6) is -0.307. The van der Waals surface area contributed by atoms with Crippen LogP contribution in [0.4, 0.5) is 0 Å². The lowest BCUT2D eigenvalue weighted by Crippen LogP contribution is -2.38. The number of rotatable bonds is 4. The molecule has 5 heteroatoms. The maximum atomic E-state index is 12.1. The molecule has 0 aromatic heterocycles. The van der Waals surface area contributed by atoms with Gasteiger partial charge in [0, 0.05) is 4.47 Å². The van der Waals surface area contributed by atoms with Crippen LogP contribution >= 0.6 is 27.5 Å². The SMILES string of the molecule is CC(O)(CNC(=O)c1ccccc1Cl)c1ccc(Br)cc1. The van der Waals surface area contributed by atoms with Gasteiger partial charge in [0.25, 0.3) is 5.91 Å². The molecule has 0 bridgehead atoms. The summed E-state index contributed by atoms with van der Waals surface area (Å²) in [5.41, 5.74) is -0.0339. The van der Waals surface area contributed by atoms with Crippen LogP contribution in [-0.2, 0) is 5.60 Å². The fourth-order valence-electron chi connectivity index (χ4n) is 1.90. The van der Waals surface area contributed by atoms with Crippen molar-refractivity contribution >= 4 is 33.4 Å². The van der Waals surface area contributed by atoms with Gasteiger partial charge in [0.1, 0.15) is 5.60 Å². The van der Waals surface area contributed by atoms with Gasteiger partial charge in [-0.1, -0.05) is 51.8 Å². The highest BCUT2D eigenvalue weighted by Crippen LogP contribution is 2.22. The molecule has 1 amide bonds. The molecule has 2 rings (SSSR count). The van der Waals surface area contributed by atoms with Crippen molar-refractivity contribution < 1.29 is 9.90 Å². The van der Waals surface area contributed by atoms with Gasteiger partial charge in [-0.25, -0.2) is 0 Å². The first kappa shape index (κ1) is 16.0. The Hall–Kier alpha value is -1.36. The second-order valence-electron chi connectivity index (χ2n) is 4.94. The molecule has 2 aromatic rings. The van der Waals surface area contributed by atoms with Crippen LogP contribution in [-0.4, -0.2) is 17.6 Å². The van der Waals surface area contributed by atoms with Gasteiger partial charge in [0.15, 0.2) is 0 Å². The van der Waals surface area contributed by atoms with Crippen LogP contribution in [0, 0.1) is 0 Å². The van der Waals surface area contributed by atoms with E-state index in [0.717, 1.165) is 10.0 Å². The molecule has 0 heterocycles. The van der Waals surface area contributed by atoms with Gasteiger partial charge in [-0.05, 0) is 36.8 Å². The number of hydrogen-bond acceptors (Lipinski definition) is 2. The first-order valence-corrected chi connectivity index (χ1v) is 7.58. The lowest BCUT2D eigenvalue weighted by atomic mass is 9.96. The van der Waals surface area contributed by atoms with Crippen LogP contribution in [0.2, 0.25) is 5.02 Å². The van der Waals surface area contributed by atoms with E-state index in [9.17, 15) is 9.90 Å². The average Bonchev–Trinajstić information content (AvgIpc) is 2.46. The first-order chi connectivity index (χ1) is 9.90. The van der Waals surface area contributed by atoms with Crippen molar-refractivity contribution in [1.29, 1.82) is 0 Å². The zero-order valence-corrected chi connectivity index (χ0v) is 13.8. The predicted molar refractivity (Wildman–Crippen MR) is 87.5 cm³/mol. The average molecular weight is 369 g/mol. The number of aliphatic hydroxyl groups is 1. The maximum absolute atomic E-state index is 12.1. The Balaban J connectivity index is 2.06. The van der Waals surface area contributed by atoms with Crippen LogP contribution < -0.4 is 5.32 Å². The van der Waals surface area contributed by atoms with E-state index < -0.39 is 5.60 Å². The van der Waals surface area contributed by atoms with E-state index in [4.69, 9.17) is 11.6 Å². The van der Waals surface area contributed by atoms with Gasteiger partial charge in [-0.2, -0.15) is 0 Å². The lowest BCUT2D eigenvalue weighted by Gasteiger charge is -2.24. The van der Waals surface area contributed by atoms with E-state index >= 15 is 0 Å². The van der Waals surface area contributed by atoms with Gasteiger partial charge >= 0.3 is 0 Å². The quantitative estimate of drug-likeness (QED) is 0.863. The molecule has 0 saturated carbocycles. The van der Waals surface area contributed by atoms with Gasteiger partial charge in [-0.15, -0.1) is 0 Å². The lowest BCUT2D eigenvalue weighted by molar-refractivity contribution is 0.0526. The van der Waals surface area contributed by atoms with Crippen LogP contribution in [0.1, 0.15) is 22.8 Å². The highest BCUT2D eigenvalue weighted by atomic mass is 79.9. The monoisotopic (exact) mass is 367 g/mol. The number of halogens is 2. The van der Waals surface area contributed by atoms with Gasteiger partial charge in [0.2, 0.25) is 0 Å². The molecule has 0 fully saturated rings. The highest BCUT2D eigenvalue weighted by molar-refractivity contribution is 9.10. The number of amides is 1. The summed E-state index contributed by atoms with van der Waals surface area (Å²) in [6, 6.07) is 14.1. The zero-order chi connectivity index (χ0) is 15.5. The molecular weight excluding hydrogens is 354 g/mol. The molecule has 0 spiro atoms. The summed E-state index contributed by atoms with van der Waals surface area (Å²) in [4.78, 5) is 12.1. The van der Waals surface area contributed by atoms with Crippen molar-refractivity contribution in [3.63, 3.8) is 0 Å². The van der Waals surface area contributed by atoms with Gasteiger partial charge in [0.05, 0.1) is 17.1 Å². The molecule has 0 radical (unpaired) electrons. The molecular formula is C16H15BrClNO2. The van der Waals surface area contributed by atoms with Crippen molar-refractivity contribution in [3.8, 4) is 0 Å². The molecule has 2 N–H and O–H groups in total. The smallest absolute Gasteiger partial charge is 0.252 e. The topological polar surface area (TPSA) is 49.3 Å². The first-order valence-electron chi connectivity index (χ1n) is 6.41. The van der Waals surface area contributed by atoms with E-state index in [2.05, 4.69) is 21.2 Å². The van der Waals surface area contributed by atoms with Crippen molar-refractivity contribution in [3.05, 3.63) is 69.2 Å². The fourth-order valence-corrected chi connectivity index (χ4v) is 2.39. The van der Waals surface area contributed by atoms with E-state index in [1.165, 1.54) is 0 Å². The Morgan fingerprint density at radius 1 is 1.24 bits per heavy atom. The fraction of sp³-hybridized carbons (Fsp3) is 0.188. The molecule has 2 aromatic carbocycles. The second-order valence-corrected chi connectivity index (χ2v) is 6.27. The Bertz CT molecular complexity index is 641. The van der Waals surface area contributed by atoms with Gasteiger partial charge in [-0.3, -0.25) is 4.79 Å². The molecule has 3 nitrogen and oxygen atoms in total. The summed E-state index contributed by atoms with van der Waals surface area (Å²) in [7, 11) is 0. The predicted octanol–water partition coefficient (Wildman–Crippen LogP) is 3.74. The zero-order valence-electron chi connectivity index (χ0n) is 11.4. The third kappa shape index (κ3) is 4.06. The minimum atomic E-state index is -1.16. The molecule has 0 aliphatic carbocycles. The third-order valence-electron chi connectivity index (χ3n) is 3.18. The third-order valence-corrected chi connectivity index (χ3v) is 4.04. The van der Waals surface area contributed by atoms with Crippen molar-refractivity contribution in [2.45, 2.75) is 12.5 Å². The largest absolute Gasteiger partial charge is 0.384 e. The summed E-state index contributed by atoms with van der Waals surface area (Å²) >= 11 is 9.32. The van der Waals surface area contributed by atoms with Crippen LogP contribution in [0.3, 0.4) is 0 Å². The highest BCUT2D eigenvalue weighted by Gasteiger charge is 2.24. The molecule has 0 saturated heterocycles. The van der Waals surface area contributed by atoms with Crippen LogP contribution in [0.15, 0.2) is 53.0 Å². The molecule has 0 aliphatic rings. The maximum Gasteiger partial charge on any atom is 0.252 e. The van der Waals surface area contributed by atoms with Crippen LogP contribution in [0.25, 0.3) is 0 Å². The van der Waals surface area contributed by atoms with Crippen LogP contribution in [0.5, 0.6) is 0 Å². The van der Waals surface area contributed by atoms with Crippen molar-refractivity contribution in [1.82, 2.24) is 5.32 Å². The van der Waals surface area contributed by atoms with E-state index in [-0.39, 0.29) is 12.5 Å². The number of benzene rings is 2. The number of hydrogen-bond donors (Lipinski definition) is 2. The van der Waals surface area contributed by atoms with E-state index in [0.29, 0.717) is 10.6 Å². The molecule has 1 atom stereocenters. The molecule has 21 heavy (non-hydrogen) atoms. The Labute approximate surface area is 137 Å². The number of carbonyl (C=O) groups is 1. The second kappa shape index (κ2) is 6.60. The number of carbonyl (C=O) groups excluding carboxylic acids is 1. The summed E-state index contributed by atoms with van der Waals surface area (Å²) < 4.78 is 0.933. The minimum Gasteiger partial charge on any atom is -0.384 e. The minimum absolute atomic E-state index is 0.0959.